The number of thiol groups is 1. The highest BCUT2D eigenvalue weighted by molar-refractivity contribution is 7.80. The second-order valence-electron chi connectivity index (χ2n) is 6.73. The standard InChI is InChI=1S/C13H12N4.C9H12S/c1-17-12(6-7-15-17)10-2-4-11-9(8-10)3-5-13(14)16-11;1-6-4-7(2)9(10)8(3)5-6/h2-8H,1H3,(H2,14,16);4-5,10H,1-3H3. The fourth-order valence-corrected chi connectivity index (χ4v) is 3.26. The van der Waals surface area contributed by atoms with Gasteiger partial charge in [0.15, 0.2) is 0 Å². The normalized spacial score (nSPS) is 10.6. The first-order valence-electron chi connectivity index (χ1n) is 8.76. The smallest absolute Gasteiger partial charge is 0.124 e. The van der Waals surface area contributed by atoms with Gasteiger partial charge in [0.25, 0.3) is 0 Å². The maximum atomic E-state index is 5.66. The quantitative estimate of drug-likeness (QED) is 0.453. The predicted octanol–water partition coefficient (Wildman–Crippen LogP) is 5.12. The van der Waals surface area contributed by atoms with E-state index in [9.17, 15) is 0 Å². The summed E-state index contributed by atoms with van der Waals surface area (Å²) in [7, 11) is 1.93. The Balaban J connectivity index is 0.000000180. The van der Waals surface area contributed by atoms with Gasteiger partial charge in [0.1, 0.15) is 5.82 Å². The van der Waals surface area contributed by atoms with E-state index in [0.29, 0.717) is 5.82 Å². The summed E-state index contributed by atoms with van der Waals surface area (Å²) in [6.07, 6.45) is 1.79. The molecule has 0 saturated carbocycles. The number of nitrogen functional groups attached to an aromatic ring is 1. The van der Waals surface area contributed by atoms with Crippen molar-refractivity contribution in [3.63, 3.8) is 0 Å². The van der Waals surface area contributed by atoms with Gasteiger partial charge in [-0.3, -0.25) is 4.68 Å². The van der Waals surface area contributed by atoms with Crippen molar-refractivity contribution in [2.75, 3.05) is 5.73 Å². The van der Waals surface area contributed by atoms with E-state index in [-0.39, 0.29) is 0 Å². The van der Waals surface area contributed by atoms with E-state index in [1.54, 1.807) is 6.20 Å². The van der Waals surface area contributed by atoms with Crippen molar-refractivity contribution >= 4 is 29.3 Å². The summed E-state index contributed by atoms with van der Waals surface area (Å²) in [5, 5.41) is 5.25. The monoisotopic (exact) mass is 376 g/mol. The Kier molecular flexibility index (Phi) is 5.51. The van der Waals surface area contributed by atoms with Gasteiger partial charge in [-0.15, -0.1) is 12.6 Å². The van der Waals surface area contributed by atoms with Crippen LogP contribution in [0.5, 0.6) is 0 Å². The fourth-order valence-electron chi connectivity index (χ4n) is 3.13. The third-order valence-electron chi connectivity index (χ3n) is 4.46. The molecule has 0 unspecified atom stereocenters. The molecule has 0 aliphatic carbocycles. The van der Waals surface area contributed by atoms with Crippen LogP contribution in [0.15, 0.2) is 59.6 Å². The van der Waals surface area contributed by atoms with Crippen molar-refractivity contribution in [2.24, 2.45) is 7.05 Å². The second-order valence-corrected chi connectivity index (χ2v) is 7.18. The van der Waals surface area contributed by atoms with Crippen LogP contribution >= 0.6 is 12.6 Å². The van der Waals surface area contributed by atoms with Crippen LogP contribution < -0.4 is 5.73 Å². The number of anilines is 1. The molecule has 27 heavy (non-hydrogen) atoms. The maximum Gasteiger partial charge on any atom is 0.124 e. The van der Waals surface area contributed by atoms with Crippen LogP contribution in [0.1, 0.15) is 16.7 Å². The number of aromatic nitrogens is 3. The third-order valence-corrected chi connectivity index (χ3v) is 5.17. The summed E-state index contributed by atoms with van der Waals surface area (Å²) in [6, 6.07) is 16.2. The molecule has 0 amide bonds. The van der Waals surface area contributed by atoms with E-state index in [0.717, 1.165) is 27.1 Å². The van der Waals surface area contributed by atoms with Crippen LogP contribution in [0.3, 0.4) is 0 Å². The van der Waals surface area contributed by atoms with Crippen molar-refractivity contribution in [2.45, 2.75) is 25.7 Å². The average Bonchev–Trinajstić information content (AvgIpc) is 3.05. The zero-order valence-corrected chi connectivity index (χ0v) is 17.0. The van der Waals surface area contributed by atoms with Crippen molar-refractivity contribution < 1.29 is 0 Å². The number of fused-ring (bicyclic) bond motifs is 1. The van der Waals surface area contributed by atoms with Gasteiger partial charge in [-0.2, -0.15) is 5.10 Å². The number of hydrogen-bond acceptors (Lipinski definition) is 4. The van der Waals surface area contributed by atoms with Gasteiger partial charge >= 0.3 is 0 Å². The predicted molar refractivity (Wildman–Crippen MR) is 116 cm³/mol. The van der Waals surface area contributed by atoms with E-state index in [4.69, 9.17) is 5.73 Å². The minimum Gasteiger partial charge on any atom is -0.384 e. The van der Waals surface area contributed by atoms with Crippen LogP contribution in [-0.4, -0.2) is 14.8 Å². The molecule has 4 rings (SSSR count). The van der Waals surface area contributed by atoms with Gasteiger partial charge in [-0.25, -0.2) is 4.98 Å². The van der Waals surface area contributed by atoms with Crippen molar-refractivity contribution in [3.8, 4) is 11.3 Å². The lowest BCUT2D eigenvalue weighted by Crippen LogP contribution is -1.94. The van der Waals surface area contributed by atoms with Gasteiger partial charge in [-0.05, 0) is 62.2 Å². The highest BCUT2D eigenvalue weighted by Gasteiger charge is 2.04. The van der Waals surface area contributed by atoms with Gasteiger partial charge in [-0.1, -0.05) is 23.8 Å². The first kappa shape index (κ1) is 19.0. The molecular weight excluding hydrogens is 352 g/mol. The van der Waals surface area contributed by atoms with Gasteiger partial charge in [0, 0.05) is 29.1 Å². The molecule has 4 nitrogen and oxygen atoms in total. The summed E-state index contributed by atoms with van der Waals surface area (Å²) in [5.41, 5.74) is 12.6. The topological polar surface area (TPSA) is 56.7 Å². The zero-order chi connectivity index (χ0) is 19.6. The van der Waals surface area contributed by atoms with E-state index in [1.807, 2.05) is 42.1 Å². The molecule has 4 aromatic rings. The molecule has 0 radical (unpaired) electrons. The molecule has 2 heterocycles. The van der Waals surface area contributed by atoms with Crippen LogP contribution in [0.2, 0.25) is 0 Å². The molecule has 0 bridgehead atoms. The Hall–Kier alpha value is -2.79. The van der Waals surface area contributed by atoms with Gasteiger partial charge in [0.2, 0.25) is 0 Å². The van der Waals surface area contributed by atoms with Gasteiger partial charge in [0.05, 0.1) is 11.2 Å². The molecule has 0 fully saturated rings. The number of aryl methyl sites for hydroxylation is 4. The zero-order valence-electron chi connectivity index (χ0n) is 16.1. The minimum atomic E-state index is 0.547. The fraction of sp³-hybridized carbons (Fsp3) is 0.182. The number of nitrogens with two attached hydrogens (primary N) is 1. The average molecular weight is 377 g/mol. The van der Waals surface area contributed by atoms with Crippen LogP contribution in [0.4, 0.5) is 5.82 Å². The van der Waals surface area contributed by atoms with Crippen LogP contribution in [0, 0.1) is 20.8 Å². The largest absolute Gasteiger partial charge is 0.384 e. The summed E-state index contributed by atoms with van der Waals surface area (Å²) >= 11 is 4.36. The maximum absolute atomic E-state index is 5.66. The molecular formula is C22H24N4S. The van der Waals surface area contributed by atoms with E-state index in [1.165, 1.54) is 16.7 Å². The summed E-state index contributed by atoms with van der Waals surface area (Å²) in [4.78, 5) is 5.39. The molecule has 0 saturated heterocycles. The first-order chi connectivity index (χ1) is 12.8. The summed E-state index contributed by atoms with van der Waals surface area (Å²) in [6.45, 7) is 6.28. The van der Waals surface area contributed by atoms with Crippen molar-refractivity contribution in [3.05, 3.63) is 71.4 Å². The Labute approximate surface area is 165 Å². The molecule has 2 aromatic heterocycles. The Morgan fingerprint density at radius 1 is 0.926 bits per heavy atom. The number of pyridine rings is 1. The molecule has 0 aliphatic heterocycles. The van der Waals surface area contributed by atoms with E-state index < -0.39 is 0 Å². The molecule has 0 spiro atoms. The highest BCUT2D eigenvalue weighted by atomic mass is 32.1. The van der Waals surface area contributed by atoms with E-state index >= 15 is 0 Å². The molecule has 0 atom stereocenters. The summed E-state index contributed by atoms with van der Waals surface area (Å²) < 4.78 is 1.85. The number of hydrogen-bond donors (Lipinski definition) is 2. The third kappa shape index (κ3) is 4.31. The lowest BCUT2D eigenvalue weighted by Gasteiger charge is -2.04. The number of benzene rings is 2. The SMILES string of the molecule is Cc1cc(C)c(S)c(C)c1.Cn1nccc1-c1ccc2nc(N)ccc2c1. The lowest BCUT2D eigenvalue weighted by atomic mass is 10.1. The Bertz CT molecular complexity index is 1080. The second kappa shape index (κ2) is 7.84. The lowest BCUT2D eigenvalue weighted by molar-refractivity contribution is 0.776. The summed E-state index contributed by atoms with van der Waals surface area (Å²) in [5.74, 6) is 0.547. The Morgan fingerprint density at radius 2 is 1.63 bits per heavy atom. The van der Waals surface area contributed by atoms with Crippen molar-refractivity contribution in [1.29, 1.82) is 0 Å². The van der Waals surface area contributed by atoms with E-state index in [2.05, 4.69) is 61.7 Å². The number of nitrogens with zero attached hydrogens (tertiary/aromatic N) is 3. The van der Waals surface area contributed by atoms with Crippen LogP contribution in [-0.2, 0) is 7.05 Å². The highest BCUT2D eigenvalue weighted by Crippen LogP contribution is 2.23. The Morgan fingerprint density at radius 3 is 2.26 bits per heavy atom. The molecule has 2 N–H and O–H groups in total. The minimum absolute atomic E-state index is 0.547. The van der Waals surface area contributed by atoms with Crippen LogP contribution in [0.25, 0.3) is 22.2 Å². The first-order valence-corrected chi connectivity index (χ1v) is 9.21. The van der Waals surface area contributed by atoms with Crippen molar-refractivity contribution in [1.82, 2.24) is 14.8 Å². The van der Waals surface area contributed by atoms with Gasteiger partial charge < -0.3 is 5.73 Å². The molecule has 2 aromatic carbocycles. The molecule has 0 aliphatic rings. The molecule has 138 valence electrons. The number of rotatable bonds is 1. The molecule has 5 heteroatoms.